The molecule has 0 spiro atoms. The zero-order valence-electron chi connectivity index (χ0n) is 10.3. The largest absolute Gasteiger partial charge is 0.480 e. The molecule has 0 saturated carbocycles. The number of urea groups is 1. The molecule has 9 nitrogen and oxygen atoms in total. The van der Waals surface area contributed by atoms with Gasteiger partial charge in [0.1, 0.15) is 11.3 Å². The number of hydrogen-bond donors (Lipinski definition) is 4. The number of nitrogens with one attached hydrogen (secondary N) is 2. The van der Waals surface area contributed by atoms with Gasteiger partial charge >= 0.3 is 12.0 Å². The van der Waals surface area contributed by atoms with Gasteiger partial charge < -0.3 is 16.2 Å². The number of carbonyl (C=O) groups excluding carboxylic acids is 3. The van der Waals surface area contributed by atoms with E-state index in [0.29, 0.717) is 0 Å². The van der Waals surface area contributed by atoms with Gasteiger partial charge in [-0.15, -0.1) is 0 Å². The quantitative estimate of drug-likeness (QED) is 0.440. The predicted octanol–water partition coefficient (Wildman–Crippen LogP) is -2.09. The second-order valence-corrected chi connectivity index (χ2v) is 5.44. The molecule has 108 valence electrons. The molecule has 5 N–H and O–H groups in total. The highest BCUT2D eigenvalue weighted by molar-refractivity contribution is 7.86. The van der Waals surface area contributed by atoms with Crippen LogP contribution in [-0.4, -0.2) is 50.2 Å². The summed E-state index contributed by atoms with van der Waals surface area (Å²) in [6.07, 6.45) is 0. The molecule has 0 aliphatic carbocycles. The lowest BCUT2D eigenvalue weighted by atomic mass is 10.3. The average Bonchev–Trinajstić information content (AvgIpc) is 2.25. The summed E-state index contributed by atoms with van der Waals surface area (Å²) in [6.45, 7) is 2.36. The van der Waals surface area contributed by atoms with E-state index in [9.17, 15) is 23.4 Å². The Labute approximate surface area is 111 Å². The van der Waals surface area contributed by atoms with Gasteiger partial charge in [0.25, 0.3) is 0 Å². The first kappa shape index (κ1) is 17.0. The summed E-state index contributed by atoms with van der Waals surface area (Å²) < 4.78 is 11.7. The summed E-state index contributed by atoms with van der Waals surface area (Å²) in [7, 11) is -1.89. The van der Waals surface area contributed by atoms with Crippen molar-refractivity contribution in [1.82, 2.24) is 10.6 Å². The van der Waals surface area contributed by atoms with Crippen molar-refractivity contribution < 1.29 is 28.5 Å². The van der Waals surface area contributed by atoms with Gasteiger partial charge in [-0.1, -0.05) is 0 Å². The lowest BCUT2D eigenvalue weighted by Gasteiger charge is -2.15. The van der Waals surface area contributed by atoms with E-state index in [-0.39, 0.29) is 0 Å². The first-order chi connectivity index (χ1) is 8.65. The Bertz CT molecular complexity index is 424. The number of nitrogens with two attached hydrogens (primary N) is 1. The number of rotatable bonds is 6. The fourth-order valence-electron chi connectivity index (χ4n) is 1.07. The van der Waals surface area contributed by atoms with Gasteiger partial charge in [-0.05, 0) is 6.92 Å². The van der Waals surface area contributed by atoms with Crippen LogP contribution in [0.5, 0.6) is 0 Å². The molecule has 0 fully saturated rings. The van der Waals surface area contributed by atoms with E-state index >= 15 is 0 Å². The minimum Gasteiger partial charge on any atom is -0.480 e. The molecule has 3 atom stereocenters. The Morgan fingerprint density at radius 2 is 1.84 bits per heavy atom. The van der Waals surface area contributed by atoms with E-state index < -0.39 is 51.7 Å². The molecule has 10 heteroatoms. The monoisotopic (exact) mass is 293 g/mol. The highest BCUT2D eigenvalue weighted by Gasteiger charge is 2.27. The van der Waals surface area contributed by atoms with E-state index in [0.717, 1.165) is 6.92 Å². The summed E-state index contributed by atoms with van der Waals surface area (Å²) in [5.41, 5.74) is 4.73. The molecule has 0 rings (SSSR count). The summed E-state index contributed by atoms with van der Waals surface area (Å²) in [6, 6.07) is -2.47. The number of carboxylic acid groups (broad SMARTS) is 1. The minimum atomic E-state index is -1.89. The maximum atomic E-state index is 11.7. The minimum absolute atomic E-state index is 0.456. The second-order valence-electron chi connectivity index (χ2n) is 3.63. The molecular formula is C9H15N3O6S. The van der Waals surface area contributed by atoms with Crippen molar-refractivity contribution in [2.75, 3.05) is 5.75 Å². The van der Waals surface area contributed by atoms with Gasteiger partial charge in [-0.2, -0.15) is 0 Å². The number of primary amides is 1. The Kier molecular flexibility index (Phi) is 6.69. The summed E-state index contributed by atoms with van der Waals surface area (Å²) in [5, 5.41) is 11.5. The molecule has 0 aromatic carbocycles. The molecule has 0 aromatic heterocycles. The maximum Gasteiger partial charge on any atom is 0.327 e. The zero-order chi connectivity index (χ0) is 15.2. The molecule has 0 bridgehead atoms. The third-order valence-corrected chi connectivity index (χ3v) is 3.68. The van der Waals surface area contributed by atoms with E-state index in [2.05, 4.69) is 5.32 Å². The Morgan fingerprint density at radius 1 is 1.32 bits per heavy atom. The molecule has 0 aliphatic rings. The molecular weight excluding hydrogens is 278 g/mol. The van der Waals surface area contributed by atoms with Crippen molar-refractivity contribution in [3.63, 3.8) is 0 Å². The number of carboxylic acids is 1. The Morgan fingerprint density at radius 3 is 2.21 bits per heavy atom. The lowest BCUT2D eigenvalue weighted by Crippen LogP contribution is -2.47. The van der Waals surface area contributed by atoms with E-state index in [1.54, 1.807) is 5.32 Å². The highest BCUT2D eigenvalue weighted by Crippen LogP contribution is 2.00. The fourth-order valence-corrected chi connectivity index (χ4v) is 2.21. The smallest absolute Gasteiger partial charge is 0.327 e. The van der Waals surface area contributed by atoms with Gasteiger partial charge in [0.2, 0.25) is 11.8 Å². The first-order valence-corrected chi connectivity index (χ1v) is 6.50. The van der Waals surface area contributed by atoms with Crippen molar-refractivity contribution in [3.8, 4) is 0 Å². The fraction of sp³-hybridized carbons (Fsp3) is 0.556. The average molecular weight is 293 g/mol. The predicted molar refractivity (Wildman–Crippen MR) is 65.4 cm³/mol. The lowest BCUT2D eigenvalue weighted by molar-refractivity contribution is -0.140. The molecule has 0 saturated heterocycles. The summed E-state index contributed by atoms with van der Waals surface area (Å²) in [4.78, 5) is 43.4. The normalized spacial score (nSPS) is 14.8. The van der Waals surface area contributed by atoms with Crippen LogP contribution in [0.1, 0.15) is 13.8 Å². The molecule has 0 aliphatic heterocycles. The number of hydrogen-bond acceptors (Lipinski definition) is 5. The maximum absolute atomic E-state index is 11.7. The molecule has 19 heavy (non-hydrogen) atoms. The van der Waals surface area contributed by atoms with Gasteiger partial charge in [0, 0.05) is 17.7 Å². The van der Waals surface area contributed by atoms with Gasteiger partial charge in [0.15, 0.2) is 0 Å². The van der Waals surface area contributed by atoms with Gasteiger partial charge in [-0.25, -0.2) is 9.59 Å². The number of aliphatic carboxylic acids is 1. The van der Waals surface area contributed by atoms with Crippen molar-refractivity contribution in [1.29, 1.82) is 0 Å². The van der Waals surface area contributed by atoms with Gasteiger partial charge in [-0.3, -0.25) is 19.1 Å². The van der Waals surface area contributed by atoms with Crippen LogP contribution in [0.15, 0.2) is 0 Å². The highest BCUT2D eigenvalue weighted by atomic mass is 32.2. The third-order valence-electron chi connectivity index (χ3n) is 2.02. The van der Waals surface area contributed by atoms with Crippen LogP contribution in [0.3, 0.4) is 0 Å². The van der Waals surface area contributed by atoms with Crippen LogP contribution in [-0.2, 0) is 25.2 Å². The van der Waals surface area contributed by atoms with Crippen LogP contribution < -0.4 is 16.4 Å². The number of carbonyl (C=O) groups is 4. The van der Waals surface area contributed by atoms with E-state index in [1.165, 1.54) is 6.92 Å². The molecule has 3 unspecified atom stereocenters. The standard InChI is InChI=1S/C9H15N3O6S/c1-4(7(14)12-9(10)17)19(18)3-6(8(15)16)11-5(2)13/h4,6H,3H2,1-2H3,(H,11,13)(H,15,16)(H3,10,12,14,17). The third kappa shape index (κ3) is 6.50. The SMILES string of the molecule is CC(=O)NC(CS(=O)C(C)C(=O)NC(N)=O)C(=O)O. The number of amides is 4. The number of imide groups is 1. The zero-order valence-corrected chi connectivity index (χ0v) is 11.2. The molecule has 0 aromatic rings. The molecule has 0 heterocycles. The Hall–Kier alpha value is -1.97. The van der Waals surface area contributed by atoms with Crippen LogP contribution in [0, 0.1) is 0 Å². The summed E-state index contributed by atoms with van der Waals surface area (Å²) >= 11 is 0. The molecule has 4 amide bonds. The van der Waals surface area contributed by atoms with Crippen molar-refractivity contribution in [2.24, 2.45) is 5.73 Å². The Balaban J connectivity index is 4.63. The topological polar surface area (TPSA) is 156 Å². The van der Waals surface area contributed by atoms with Crippen molar-refractivity contribution in [2.45, 2.75) is 25.1 Å². The first-order valence-electron chi connectivity index (χ1n) is 5.12. The van der Waals surface area contributed by atoms with Crippen LogP contribution in [0.2, 0.25) is 0 Å². The van der Waals surface area contributed by atoms with E-state index in [1.807, 2.05) is 0 Å². The molecule has 0 radical (unpaired) electrons. The van der Waals surface area contributed by atoms with Crippen LogP contribution in [0.4, 0.5) is 4.79 Å². The van der Waals surface area contributed by atoms with Crippen LogP contribution in [0.25, 0.3) is 0 Å². The van der Waals surface area contributed by atoms with Crippen molar-refractivity contribution >= 4 is 34.6 Å². The van der Waals surface area contributed by atoms with E-state index in [4.69, 9.17) is 10.8 Å². The summed E-state index contributed by atoms with van der Waals surface area (Å²) in [5.74, 6) is -3.30. The van der Waals surface area contributed by atoms with Gasteiger partial charge in [0.05, 0.1) is 5.75 Å². The van der Waals surface area contributed by atoms with Crippen molar-refractivity contribution in [3.05, 3.63) is 0 Å². The second kappa shape index (κ2) is 7.46. The van der Waals surface area contributed by atoms with Crippen LogP contribution >= 0.6 is 0 Å².